The number of hydrogen-bond donors (Lipinski definition) is 1. The van der Waals surface area contributed by atoms with Crippen molar-refractivity contribution in [1.29, 1.82) is 0 Å². The standard InChI is InChI=1S/C24H30N4O3/c1-15-5-6-19-21(14-15)31-26-22(19)17-7-11-27(12-8-17)13-9-18-16(2)25-23-20(29)4-3-10-28(23)24(18)30/h5-6,14,17,20,29H,3-4,7-13H2,1-2H3/i3D2,4D2,10D2,20D. The quantitative estimate of drug-likeness (QED) is 0.685. The van der Waals surface area contributed by atoms with E-state index in [1.165, 1.54) is 6.92 Å². The molecule has 7 nitrogen and oxygen atoms in total. The van der Waals surface area contributed by atoms with Gasteiger partial charge >= 0.3 is 0 Å². The summed E-state index contributed by atoms with van der Waals surface area (Å²) in [4.78, 5) is 19.7. The van der Waals surface area contributed by atoms with E-state index < -0.39 is 36.7 Å². The van der Waals surface area contributed by atoms with Crippen LogP contribution in [-0.4, -0.2) is 44.3 Å². The summed E-state index contributed by atoms with van der Waals surface area (Å²) in [5.41, 5.74) is 2.21. The highest BCUT2D eigenvalue weighted by Gasteiger charge is 2.26. The van der Waals surface area contributed by atoms with Crippen LogP contribution in [0.3, 0.4) is 0 Å². The summed E-state index contributed by atoms with van der Waals surface area (Å²) in [6, 6.07) is 6.04. The smallest absolute Gasteiger partial charge is 0.257 e. The van der Waals surface area contributed by atoms with Crippen LogP contribution in [0.5, 0.6) is 0 Å². The number of nitrogens with zero attached hydrogens (tertiary/aromatic N) is 4. The van der Waals surface area contributed by atoms with Crippen molar-refractivity contribution in [2.75, 3.05) is 19.6 Å². The zero-order valence-corrected chi connectivity index (χ0v) is 17.6. The van der Waals surface area contributed by atoms with Crippen molar-refractivity contribution in [1.82, 2.24) is 19.6 Å². The molecule has 1 fully saturated rings. The van der Waals surface area contributed by atoms with Gasteiger partial charge in [-0.1, -0.05) is 11.2 Å². The molecule has 0 amide bonds. The number of fused-ring (bicyclic) bond motifs is 2. The third kappa shape index (κ3) is 3.81. The fourth-order valence-corrected chi connectivity index (χ4v) is 4.47. The van der Waals surface area contributed by atoms with Crippen LogP contribution in [0.1, 0.15) is 75.5 Å². The van der Waals surface area contributed by atoms with Gasteiger partial charge in [0.05, 0.1) is 7.06 Å². The van der Waals surface area contributed by atoms with Crippen LogP contribution in [0.4, 0.5) is 0 Å². The Morgan fingerprint density at radius 1 is 1.32 bits per heavy atom. The van der Waals surface area contributed by atoms with Crippen LogP contribution in [0.25, 0.3) is 11.0 Å². The molecule has 31 heavy (non-hydrogen) atoms. The van der Waals surface area contributed by atoms with Crippen molar-refractivity contribution in [3.05, 3.63) is 56.9 Å². The molecular formula is C24H30N4O3. The minimum atomic E-state index is -3.38. The Hall–Kier alpha value is -2.51. The van der Waals surface area contributed by atoms with Crippen LogP contribution in [0.2, 0.25) is 0 Å². The van der Waals surface area contributed by atoms with Gasteiger partial charge in [0, 0.05) is 43.8 Å². The summed E-state index contributed by atoms with van der Waals surface area (Å²) < 4.78 is 62.7. The topological polar surface area (TPSA) is 84.4 Å². The Balaban J connectivity index is 1.35. The molecule has 1 saturated heterocycles. The van der Waals surface area contributed by atoms with Crippen LogP contribution < -0.4 is 5.56 Å². The highest BCUT2D eigenvalue weighted by Crippen LogP contribution is 2.33. The molecule has 0 radical (unpaired) electrons. The van der Waals surface area contributed by atoms with Gasteiger partial charge in [-0.3, -0.25) is 9.36 Å². The van der Waals surface area contributed by atoms with Gasteiger partial charge in [-0.2, -0.15) is 0 Å². The van der Waals surface area contributed by atoms with E-state index in [1.807, 2.05) is 25.1 Å². The van der Waals surface area contributed by atoms with Crippen molar-refractivity contribution >= 4 is 11.0 Å². The molecule has 4 heterocycles. The monoisotopic (exact) mass is 429 g/mol. The molecular weight excluding hydrogens is 392 g/mol. The largest absolute Gasteiger partial charge is 0.385 e. The summed E-state index contributed by atoms with van der Waals surface area (Å²) in [5.74, 6) is -0.600. The van der Waals surface area contributed by atoms with E-state index in [-0.39, 0.29) is 23.6 Å². The maximum Gasteiger partial charge on any atom is 0.257 e. The number of rotatable bonds is 4. The van der Waals surface area contributed by atoms with E-state index in [0.717, 1.165) is 48.2 Å². The van der Waals surface area contributed by atoms with Crippen LogP contribution in [0.15, 0.2) is 27.5 Å². The molecule has 1 N–H and O–H groups in total. The van der Waals surface area contributed by atoms with Crippen LogP contribution >= 0.6 is 0 Å². The minimum absolute atomic E-state index is 0.145. The van der Waals surface area contributed by atoms with Gasteiger partial charge in [0.25, 0.3) is 5.56 Å². The SMILES string of the molecule is [2H]C1(O)c2nc(C)c(CCN3CCC(c4noc5cc(C)ccc45)CC3)c(=O)n2C([2H])([2H])C([2H])([2H])C1([2H])[2H]. The Morgan fingerprint density at radius 2 is 2.13 bits per heavy atom. The average Bonchev–Trinajstić information content (AvgIpc) is 3.25. The van der Waals surface area contributed by atoms with Crippen LogP contribution in [0, 0.1) is 13.8 Å². The van der Waals surface area contributed by atoms with Gasteiger partial charge in [0.1, 0.15) is 11.9 Å². The normalized spacial score (nSPS) is 30.9. The predicted octanol–water partition coefficient (Wildman–Crippen LogP) is 3.25. The lowest BCUT2D eigenvalue weighted by molar-refractivity contribution is 0.129. The molecule has 2 aliphatic heterocycles. The average molecular weight is 430 g/mol. The first-order valence-corrected chi connectivity index (χ1v) is 10.6. The third-order valence-electron chi connectivity index (χ3n) is 6.25. The first kappa shape index (κ1) is 13.8. The number of piperidine rings is 1. The zero-order chi connectivity index (χ0) is 27.8. The maximum absolute atomic E-state index is 13.4. The number of hydrogen-bond acceptors (Lipinski definition) is 6. The second-order valence-electron chi connectivity index (χ2n) is 8.28. The van der Waals surface area contributed by atoms with Crippen molar-refractivity contribution in [3.63, 3.8) is 0 Å². The number of likely N-dealkylation sites (tertiary alicyclic amines) is 1. The second-order valence-corrected chi connectivity index (χ2v) is 8.28. The van der Waals surface area contributed by atoms with Crippen molar-refractivity contribution < 1.29 is 19.2 Å². The zero-order valence-electron chi connectivity index (χ0n) is 24.6. The highest BCUT2D eigenvalue weighted by atomic mass is 16.5. The van der Waals surface area contributed by atoms with E-state index >= 15 is 0 Å². The lowest BCUT2D eigenvalue weighted by Gasteiger charge is -2.31. The fourth-order valence-electron chi connectivity index (χ4n) is 4.47. The highest BCUT2D eigenvalue weighted by molar-refractivity contribution is 5.80. The Labute approximate surface area is 191 Å². The predicted molar refractivity (Wildman–Crippen MR) is 118 cm³/mol. The molecule has 1 unspecified atom stereocenters. The molecule has 1 atom stereocenters. The second kappa shape index (κ2) is 8.20. The molecule has 164 valence electrons. The third-order valence-corrected chi connectivity index (χ3v) is 6.25. The van der Waals surface area contributed by atoms with Gasteiger partial charge in [-0.05, 0) is 76.6 Å². The molecule has 7 heteroatoms. The van der Waals surface area contributed by atoms with Gasteiger partial charge in [-0.15, -0.1) is 0 Å². The number of aromatic nitrogens is 3. The molecule has 0 saturated carbocycles. The van der Waals surface area contributed by atoms with E-state index in [0.29, 0.717) is 11.1 Å². The van der Waals surface area contributed by atoms with E-state index in [2.05, 4.69) is 15.0 Å². The number of benzene rings is 1. The van der Waals surface area contributed by atoms with E-state index in [1.54, 1.807) is 0 Å². The molecule has 3 aromatic rings. The maximum atomic E-state index is 13.4. The lowest BCUT2D eigenvalue weighted by Crippen LogP contribution is -2.37. The fraction of sp³-hybridized carbons (Fsp3) is 0.542. The number of aryl methyl sites for hydroxylation is 2. The number of aliphatic hydroxyl groups is 1. The van der Waals surface area contributed by atoms with Crippen molar-refractivity contribution in [2.24, 2.45) is 0 Å². The molecule has 1 aromatic carbocycles. The first-order valence-electron chi connectivity index (χ1n) is 14.1. The summed E-state index contributed by atoms with van der Waals surface area (Å²) in [6.45, 7) is 2.29. The Bertz CT molecular complexity index is 1460. The van der Waals surface area contributed by atoms with Crippen molar-refractivity contribution in [2.45, 2.75) is 64.4 Å². The molecule has 0 bridgehead atoms. The van der Waals surface area contributed by atoms with Crippen LogP contribution in [-0.2, 0) is 12.9 Å². The minimum Gasteiger partial charge on any atom is -0.385 e. The van der Waals surface area contributed by atoms with E-state index in [4.69, 9.17) is 14.1 Å². The van der Waals surface area contributed by atoms with Crippen molar-refractivity contribution in [3.8, 4) is 0 Å². The Kier molecular flexibility index (Phi) is 3.65. The van der Waals surface area contributed by atoms with E-state index in [9.17, 15) is 9.90 Å². The van der Waals surface area contributed by atoms with Gasteiger partial charge < -0.3 is 14.5 Å². The Morgan fingerprint density at radius 3 is 2.94 bits per heavy atom. The van der Waals surface area contributed by atoms with Gasteiger partial charge in [-0.25, -0.2) is 4.98 Å². The summed E-state index contributed by atoms with van der Waals surface area (Å²) in [7, 11) is 0. The molecule has 0 aliphatic carbocycles. The lowest BCUT2D eigenvalue weighted by atomic mass is 9.91. The summed E-state index contributed by atoms with van der Waals surface area (Å²) in [6.07, 6.45) is -8.12. The molecule has 5 rings (SSSR count). The first-order chi connectivity index (χ1) is 17.6. The molecule has 0 spiro atoms. The summed E-state index contributed by atoms with van der Waals surface area (Å²) in [5, 5.41) is 16.0. The summed E-state index contributed by atoms with van der Waals surface area (Å²) >= 11 is 0. The van der Waals surface area contributed by atoms with Gasteiger partial charge in [0.2, 0.25) is 0 Å². The van der Waals surface area contributed by atoms with Gasteiger partial charge in [0.15, 0.2) is 5.58 Å². The molecule has 2 aliphatic rings. The molecule has 2 aromatic heterocycles.